The van der Waals surface area contributed by atoms with Crippen LogP contribution in [0.1, 0.15) is 41.8 Å². The van der Waals surface area contributed by atoms with E-state index in [4.69, 9.17) is 11.6 Å². The Bertz CT molecular complexity index is 444. The first-order chi connectivity index (χ1) is 9.11. The van der Waals surface area contributed by atoms with Gasteiger partial charge in [0.05, 0.1) is 7.11 Å². The van der Waals surface area contributed by atoms with Crippen molar-refractivity contribution in [2.45, 2.75) is 32.1 Å². The van der Waals surface area contributed by atoms with E-state index in [1.54, 1.807) is 0 Å². The van der Waals surface area contributed by atoms with Gasteiger partial charge in [0.2, 0.25) is 0 Å². The Kier molecular flexibility index (Phi) is 5.05. The van der Waals surface area contributed by atoms with Crippen LogP contribution in [0.25, 0.3) is 0 Å². The van der Waals surface area contributed by atoms with Crippen LogP contribution >= 0.6 is 22.9 Å². The molecule has 6 heteroatoms. The van der Waals surface area contributed by atoms with Crippen LogP contribution in [0.15, 0.2) is 0 Å². The summed E-state index contributed by atoms with van der Waals surface area (Å²) in [5.74, 6) is 0.308. The van der Waals surface area contributed by atoms with Crippen LogP contribution in [0.3, 0.4) is 0 Å². The molecule has 0 spiro atoms. The van der Waals surface area contributed by atoms with Crippen LogP contribution in [0.5, 0.6) is 0 Å². The summed E-state index contributed by atoms with van der Waals surface area (Å²) in [5.41, 5.74) is 0. The molecule has 0 bridgehead atoms. The van der Waals surface area contributed by atoms with Gasteiger partial charge in [-0.25, -0.2) is 9.78 Å². The Hall–Kier alpha value is -0.810. The first-order valence-corrected chi connectivity index (χ1v) is 7.77. The number of hydrogen-bond acceptors (Lipinski definition) is 5. The van der Waals surface area contributed by atoms with E-state index >= 15 is 0 Å². The Labute approximate surface area is 122 Å². The topological polar surface area (TPSA) is 42.4 Å². The molecule has 1 aliphatic rings. The highest BCUT2D eigenvalue weighted by atomic mass is 35.5. The van der Waals surface area contributed by atoms with E-state index in [1.807, 2.05) is 7.05 Å². The number of carbonyl (C=O) groups is 1. The van der Waals surface area contributed by atoms with E-state index < -0.39 is 5.97 Å². The molecule has 1 saturated carbocycles. The van der Waals surface area contributed by atoms with Gasteiger partial charge in [0.15, 0.2) is 15.2 Å². The predicted molar refractivity (Wildman–Crippen MR) is 78.3 cm³/mol. The SMILES string of the molecule is COC(=O)c1sc(N(C)CC2CCCCC2)nc1Cl. The Balaban J connectivity index is 2.02. The number of anilines is 1. The van der Waals surface area contributed by atoms with Crippen LogP contribution in [-0.4, -0.2) is 31.7 Å². The summed E-state index contributed by atoms with van der Waals surface area (Å²) in [7, 11) is 3.36. The number of hydrogen-bond donors (Lipinski definition) is 0. The lowest BCUT2D eigenvalue weighted by Gasteiger charge is -2.26. The first-order valence-electron chi connectivity index (χ1n) is 6.57. The highest BCUT2D eigenvalue weighted by molar-refractivity contribution is 7.18. The molecule has 1 aromatic rings. The lowest BCUT2D eigenvalue weighted by molar-refractivity contribution is 0.0606. The molecule has 0 atom stereocenters. The number of rotatable bonds is 4. The molecule has 0 aromatic carbocycles. The van der Waals surface area contributed by atoms with Crippen molar-refractivity contribution in [3.63, 3.8) is 0 Å². The lowest BCUT2D eigenvalue weighted by atomic mass is 9.89. The molecule has 0 N–H and O–H groups in total. The number of esters is 1. The summed E-state index contributed by atoms with van der Waals surface area (Å²) < 4.78 is 4.69. The normalized spacial score (nSPS) is 16.4. The average molecular weight is 303 g/mol. The lowest BCUT2D eigenvalue weighted by Crippen LogP contribution is -2.26. The molecule has 0 amide bonds. The van der Waals surface area contributed by atoms with E-state index in [0.717, 1.165) is 17.6 Å². The van der Waals surface area contributed by atoms with Gasteiger partial charge < -0.3 is 9.64 Å². The second-order valence-corrected chi connectivity index (χ2v) is 6.33. The van der Waals surface area contributed by atoms with Crippen molar-refractivity contribution >= 4 is 34.0 Å². The summed E-state index contributed by atoms with van der Waals surface area (Å²) >= 11 is 7.27. The summed E-state index contributed by atoms with van der Waals surface area (Å²) in [4.78, 5) is 18.2. The fourth-order valence-electron chi connectivity index (χ4n) is 2.51. The molecule has 1 aliphatic carbocycles. The van der Waals surface area contributed by atoms with Crippen molar-refractivity contribution < 1.29 is 9.53 Å². The molecule has 106 valence electrons. The van der Waals surface area contributed by atoms with Crippen molar-refractivity contribution in [1.29, 1.82) is 0 Å². The summed E-state index contributed by atoms with van der Waals surface area (Å²) in [6, 6.07) is 0. The zero-order valence-electron chi connectivity index (χ0n) is 11.3. The van der Waals surface area contributed by atoms with Crippen molar-refractivity contribution in [2.75, 3.05) is 25.6 Å². The second-order valence-electron chi connectivity index (χ2n) is 4.99. The highest BCUT2D eigenvalue weighted by Gasteiger charge is 2.21. The monoisotopic (exact) mass is 302 g/mol. The minimum Gasteiger partial charge on any atom is -0.465 e. The maximum Gasteiger partial charge on any atom is 0.351 e. The Morgan fingerprint density at radius 3 is 2.79 bits per heavy atom. The van der Waals surface area contributed by atoms with Crippen molar-refractivity contribution in [2.24, 2.45) is 5.92 Å². The van der Waals surface area contributed by atoms with Crippen LogP contribution in [0.4, 0.5) is 5.13 Å². The Morgan fingerprint density at radius 1 is 1.47 bits per heavy atom. The van der Waals surface area contributed by atoms with E-state index in [-0.39, 0.29) is 5.15 Å². The van der Waals surface area contributed by atoms with Gasteiger partial charge in [-0.15, -0.1) is 0 Å². The number of aromatic nitrogens is 1. The molecule has 19 heavy (non-hydrogen) atoms. The van der Waals surface area contributed by atoms with Gasteiger partial charge in [-0.2, -0.15) is 0 Å². The van der Waals surface area contributed by atoms with Gasteiger partial charge in [-0.3, -0.25) is 0 Å². The van der Waals surface area contributed by atoms with Gasteiger partial charge >= 0.3 is 5.97 Å². The number of halogens is 1. The quantitative estimate of drug-likeness (QED) is 0.797. The minimum atomic E-state index is -0.417. The molecule has 0 radical (unpaired) electrons. The molecule has 0 unspecified atom stereocenters. The third-order valence-electron chi connectivity index (χ3n) is 3.53. The fourth-order valence-corrected chi connectivity index (χ4v) is 3.68. The van der Waals surface area contributed by atoms with Gasteiger partial charge in [0, 0.05) is 13.6 Å². The summed E-state index contributed by atoms with van der Waals surface area (Å²) in [5, 5.41) is 1.03. The molecular weight excluding hydrogens is 284 g/mol. The van der Waals surface area contributed by atoms with E-state index in [2.05, 4.69) is 14.6 Å². The molecule has 1 fully saturated rings. The van der Waals surface area contributed by atoms with Crippen LogP contribution in [0, 0.1) is 5.92 Å². The molecule has 0 saturated heterocycles. The van der Waals surface area contributed by atoms with E-state index in [0.29, 0.717) is 4.88 Å². The number of methoxy groups -OCH3 is 1. The number of carbonyl (C=O) groups excluding carboxylic acids is 1. The predicted octanol–water partition coefficient (Wildman–Crippen LogP) is 3.60. The van der Waals surface area contributed by atoms with Crippen molar-refractivity contribution in [3.05, 3.63) is 10.0 Å². The zero-order valence-corrected chi connectivity index (χ0v) is 12.9. The van der Waals surface area contributed by atoms with Crippen LogP contribution in [0.2, 0.25) is 5.15 Å². The zero-order chi connectivity index (χ0) is 13.8. The summed E-state index contributed by atoms with van der Waals surface area (Å²) in [6.45, 7) is 0.977. The van der Waals surface area contributed by atoms with Gasteiger partial charge in [-0.1, -0.05) is 42.2 Å². The Morgan fingerprint density at radius 2 is 2.16 bits per heavy atom. The maximum atomic E-state index is 11.5. The smallest absolute Gasteiger partial charge is 0.351 e. The minimum absolute atomic E-state index is 0.238. The fraction of sp³-hybridized carbons (Fsp3) is 0.692. The number of nitrogens with zero attached hydrogens (tertiary/aromatic N) is 2. The second kappa shape index (κ2) is 6.57. The molecule has 0 aliphatic heterocycles. The van der Waals surface area contributed by atoms with E-state index in [9.17, 15) is 4.79 Å². The van der Waals surface area contributed by atoms with Gasteiger partial charge in [0.1, 0.15) is 0 Å². The highest BCUT2D eigenvalue weighted by Crippen LogP contribution is 2.31. The molecule has 4 nitrogen and oxygen atoms in total. The number of thiazole rings is 1. The van der Waals surface area contributed by atoms with E-state index in [1.165, 1.54) is 50.6 Å². The maximum absolute atomic E-state index is 11.5. The first kappa shape index (κ1) is 14.6. The summed E-state index contributed by atoms with van der Waals surface area (Å²) in [6.07, 6.45) is 6.57. The van der Waals surface area contributed by atoms with Gasteiger partial charge in [-0.05, 0) is 18.8 Å². The number of ether oxygens (including phenoxy) is 1. The van der Waals surface area contributed by atoms with Crippen LogP contribution in [-0.2, 0) is 4.74 Å². The third kappa shape index (κ3) is 3.60. The molecule has 1 aromatic heterocycles. The largest absolute Gasteiger partial charge is 0.465 e. The third-order valence-corrected chi connectivity index (χ3v) is 5.06. The van der Waals surface area contributed by atoms with Crippen molar-refractivity contribution in [1.82, 2.24) is 4.98 Å². The van der Waals surface area contributed by atoms with Crippen LogP contribution < -0.4 is 4.90 Å². The molecule has 2 rings (SSSR count). The standard InChI is InChI=1S/C13H19ClN2O2S/c1-16(8-9-6-4-3-5-7-9)13-15-11(14)10(19-13)12(17)18-2/h9H,3-8H2,1-2H3. The van der Waals surface area contributed by atoms with Gasteiger partial charge in [0.25, 0.3) is 0 Å². The average Bonchev–Trinajstić information content (AvgIpc) is 2.81. The molecule has 1 heterocycles. The molecular formula is C13H19ClN2O2S. The van der Waals surface area contributed by atoms with Crippen molar-refractivity contribution in [3.8, 4) is 0 Å².